The number of hydrogen-bond donors (Lipinski definition) is 1. The van der Waals surface area contributed by atoms with E-state index in [9.17, 15) is 9.59 Å². The predicted molar refractivity (Wildman–Crippen MR) is 81.5 cm³/mol. The Bertz CT molecular complexity index is 647. The number of nitrogens with zero attached hydrogens (tertiary/aromatic N) is 1. The van der Waals surface area contributed by atoms with Crippen molar-refractivity contribution in [2.75, 3.05) is 10.6 Å². The van der Waals surface area contributed by atoms with Crippen LogP contribution < -0.4 is 5.32 Å². The van der Waals surface area contributed by atoms with E-state index in [1.165, 1.54) is 6.07 Å². The second-order valence-corrected chi connectivity index (χ2v) is 4.86. The smallest absolute Gasteiger partial charge is 0.235 e. The van der Waals surface area contributed by atoms with E-state index in [1.54, 1.807) is 30.3 Å². The molecule has 1 heterocycles. The molecule has 102 valence electrons. The number of benzene rings is 1. The molecular formula is C14H10BrClN2O2. The quantitative estimate of drug-likeness (QED) is 0.521. The molecule has 1 aromatic heterocycles. The zero-order valence-corrected chi connectivity index (χ0v) is 12.6. The summed E-state index contributed by atoms with van der Waals surface area (Å²) in [4.78, 5) is 27.9. The lowest BCUT2D eigenvalue weighted by Crippen LogP contribution is -2.16. The highest BCUT2D eigenvalue weighted by molar-refractivity contribution is 9.09. The molecule has 2 rings (SSSR count). The van der Waals surface area contributed by atoms with Gasteiger partial charge in [-0.05, 0) is 12.1 Å². The van der Waals surface area contributed by atoms with Crippen LogP contribution in [0.4, 0.5) is 5.69 Å². The number of pyridine rings is 1. The van der Waals surface area contributed by atoms with E-state index in [2.05, 4.69) is 26.2 Å². The van der Waals surface area contributed by atoms with Crippen molar-refractivity contribution in [1.29, 1.82) is 0 Å². The Morgan fingerprint density at radius 2 is 1.85 bits per heavy atom. The molecule has 0 atom stereocenters. The minimum absolute atomic E-state index is 0.123. The van der Waals surface area contributed by atoms with Gasteiger partial charge in [-0.2, -0.15) is 0 Å². The average molecular weight is 354 g/mol. The van der Waals surface area contributed by atoms with Crippen LogP contribution in [0.1, 0.15) is 16.1 Å². The van der Waals surface area contributed by atoms with Crippen molar-refractivity contribution in [2.24, 2.45) is 0 Å². The van der Waals surface area contributed by atoms with Gasteiger partial charge < -0.3 is 5.32 Å². The lowest BCUT2D eigenvalue weighted by Gasteiger charge is -2.09. The highest BCUT2D eigenvalue weighted by Gasteiger charge is 2.17. The molecule has 0 fully saturated rings. The number of nitrogens with one attached hydrogen (secondary N) is 1. The first-order valence-electron chi connectivity index (χ1n) is 5.74. The maximum atomic E-state index is 12.4. The summed E-state index contributed by atoms with van der Waals surface area (Å²) < 4.78 is 0. The maximum absolute atomic E-state index is 12.4. The molecule has 0 radical (unpaired) electrons. The van der Waals surface area contributed by atoms with E-state index in [-0.39, 0.29) is 27.9 Å². The Balaban J connectivity index is 2.41. The number of anilines is 1. The third kappa shape index (κ3) is 3.43. The Morgan fingerprint density at radius 3 is 2.50 bits per heavy atom. The molecule has 1 aromatic carbocycles. The molecule has 0 bridgehead atoms. The van der Waals surface area contributed by atoms with Gasteiger partial charge in [0.25, 0.3) is 0 Å². The van der Waals surface area contributed by atoms with Crippen molar-refractivity contribution in [2.45, 2.75) is 0 Å². The average Bonchev–Trinajstić information content (AvgIpc) is 2.49. The number of aromatic nitrogens is 1. The number of ketones is 1. The summed E-state index contributed by atoms with van der Waals surface area (Å²) in [5.41, 5.74) is 0.947. The van der Waals surface area contributed by atoms with Crippen molar-refractivity contribution in [3.63, 3.8) is 0 Å². The normalized spacial score (nSPS) is 10.1. The zero-order chi connectivity index (χ0) is 14.5. The van der Waals surface area contributed by atoms with E-state index in [0.717, 1.165) is 0 Å². The van der Waals surface area contributed by atoms with Crippen LogP contribution in [0.5, 0.6) is 0 Å². The molecule has 1 amide bonds. The first-order valence-corrected chi connectivity index (χ1v) is 7.24. The minimum Gasteiger partial charge on any atom is -0.323 e. The minimum atomic E-state index is -0.294. The van der Waals surface area contributed by atoms with Crippen LogP contribution in [0.15, 0.2) is 42.5 Å². The molecular weight excluding hydrogens is 344 g/mol. The summed E-state index contributed by atoms with van der Waals surface area (Å²) in [6.07, 6.45) is 0. The third-order valence-electron chi connectivity index (χ3n) is 2.51. The Hall–Kier alpha value is -1.72. The van der Waals surface area contributed by atoms with Gasteiger partial charge in [0.1, 0.15) is 10.8 Å². The lowest BCUT2D eigenvalue weighted by molar-refractivity contribution is -0.113. The SMILES string of the molecule is O=C(CBr)Nc1ccc(Cl)nc1C(=O)c1ccccc1. The maximum Gasteiger partial charge on any atom is 0.235 e. The van der Waals surface area contributed by atoms with Crippen molar-refractivity contribution in [3.05, 3.63) is 58.9 Å². The molecule has 0 aliphatic rings. The lowest BCUT2D eigenvalue weighted by atomic mass is 10.1. The summed E-state index contributed by atoms with van der Waals surface area (Å²) in [5.74, 6) is -0.561. The van der Waals surface area contributed by atoms with Gasteiger partial charge in [-0.3, -0.25) is 9.59 Å². The molecule has 0 saturated heterocycles. The fraction of sp³-hybridized carbons (Fsp3) is 0.0714. The fourth-order valence-electron chi connectivity index (χ4n) is 1.62. The molecule has 0 saturated carbocycles. The van der Waals surface area contributed by atoms with Gasteiger partial charge in [-0.25, -0.2) is 4.98 Å². The van der Waals surface area contributed by atoms with Crippen LogP contribution in [0.2, 0.25) is 5.15 Å². The fourth-order valence-corrected chi connectivity index (χ4v) is 1.91. The molecule has 0 unspecified atom stereocenters. The number of hydrogen-bond acceptors (Lipinski definition) is 3. The first-order chi connectivity index (χ1) is 9.61. The van der Waals surface area contributed by atoms with E-state index >= 15 is 0 Å². The monoisotopic (exact) mass is 352 g/mol. The van der Waals surface area contributed by atoms with E-state index in [4.69, 9.17) is 11.6 Å². The van der Waals surface area contributed by atoms with Gasteiger partial charge in [0.2, 0.25) is 11.7 Å². The van der Waals surface area contributed by atoms with E-state index in [0.29, 0.717) is 11.3 Å². The number of amides is 1. The van der Waals surface area contributed by atoms with Crippen LogP contribution in [-0.4, -0.2) is 22.0 Å². The van der Waals surface area contributed by atoms with E-state index < -0.39 is 0 Å². The summed E-state index contributed by atoms with van der Waals surface area (Å²) in [6.45, 7) is 0. The summed E-state index contributed by atoms with van der Waals surface area (Å²) in [7, 11) is 0. The molecule has 20 heavy (non-hydrogen) atoms. The topological polar surface area (TPSA) is 59.1 Å². The van der Waals surface area contributed by atoms with Crippen molar-refractivity contribution in [3.8, 4) is 0 Å². The van der Waals surface area contributed by atoms with Gasteiger partial charge >= 0.3 is 0 Å². The number of carbonyl (C=O) groups excluding carboxylic acids is 2. The molecule has 0 aliphatic carbocycles. The van der Waals surface area contributed by atoms with Crippen molar-refractivity contribution < 1.29 is 9.59 Å². The van der Waals surface area contributed by atoms with Crippen LogP contribution in [0.3, 0.4) is 0 Å². The number of halogens is 2. The summed E-state index contributed by atoms with van der Waals surface area (Å²) >= 11 is 8.88. The molecule has 1 N–H and O–H groups in total. The highest BCUT2D eigenvalue weighted by atomic mass is 79.9. The van der Waals surface area contributed by atoms with E-state index in [1.807, 2.05) is 6.07 Å². The second kappa shape index (κ2) is 6.63. The van der Waals surface area contributed by atoms with Crippen molar-refractivity contribution in [1.82, 2.24) is 4.98 Å². The van der Waals surface area contributed by atoms with Crippen LogP contribution >= 0.6 is 27.5 Å². The molecule has 2 aromatic rings. The van der Waals surface area contributed by atoms with Gasteiger partial charge in [0.05, 0.1) is 11.0 Å². The Kier molecular flexibility index (Phi) is 4.87. The Morgan fingerprint density at radius 1 is 1.15 bits per heavy atom. The van der Waals surface area contributed by atoms with Crippen LogP contribution in [0.25, 0.3) is 0 Å². The van der Waals surface area contributed by atoms with Gasteiger partial charge in [-0.1, -0.05) is 57.9 Å². The number of carbonyl (C=O) groups is 2. The summed E-state index contributed by atoms with van der Waals surface area (Å²) in [6, 6.07) is 11.8. The third-order valence-corrected chi connectivity index (χ3v) is 3.23. The number of rotatable bonds is 4. The zero-order valence-electron chi connectivity index (χ0n) is 10.3. The van der Waals surface area contributed by atoms with Gasteiger partial charge in [0, 0.05) is 5.56 Å². The largest absolute Gasteiger partial charge is 0.323 e. The van der Waals surface area contributed by atoms with Gasteiger partial charge in [0.15, 0.2) is 0 Å². The predicted octanol–water partition coefficient (Wildman–Crippen LogP) is 3.30. The highest BCUT2D eigenvalue weighted by Crippen LogP contribution is 2.20. The Labute approximate surface area is 129 Å². The molecule has 0 spiro atoms. The second-order valence-electron chi connectivity index (χ2n) is 3.91. The summed E-state index contributed by atoms with van der Waals surface area (Å²) in [5, 5.41) is 2.94. The molecule has 0 aliphatic heterocycles. The standard InChI is InChI=1S/C14H10BrClN2O2/c15-8-12(19)17-10-6-7-11(16)18-13(10)14(20)9-4-2-1-3-5-9/h1-7H,8H2,(H,17,19). The van der Waals surface area contributed by atoms with Gasteiger partial charge in [-0.15, -0.1) is 0 Å². The molecule has 6 heteroatoms. The first kappa shape index (κ1) is 14.7. The van der Waals surface area contributed by atoms with Crippen LogP contribution in [0, 0.1) is 0 Å². The van der Waals surface area contributed by atoms with Crippen LogP contribution in [-0.2, 0) is 4.79 Å². The number of alkyl halides is 1. The van der Waals surface area contributed by atoms with Crippen molar-refractivity contribution >= 4 is 44.9 Å². The molecule has 4 nitrogen and oxygen atoms in total.